The Kier molecular flexibility index (Phi) is 3.11. The fraction of sp³-hybridized carbons (Fsp3) is 0.571. The number of hydrogen-bond donors (Lipinski definition) is 0. The van der Waals surface area contributed by atoms with Crippen molar-refractivity contribution in [3.63, 3.8) is 0 Å². The van der Waals surface area contributed by atoms with Crippen LogP contribution >= 0.6 is 0 Å². The van der Waals surface area contributed by atoms with E-state index in [9.17, 15) is 0 Å². The quantitative estimate of drug-likeness (QED) is 0.651. The van der Waals surface area contributed by atoms with Crippen molar-refractivity contribution in [1.82, 2.24) is 4.81 Å². The molecule has 0 spiro atoms. The van der Waals surface area contributed by atoms with E-state index in [4.69, 9.17) is 0 Å². The summed E-state index contributed by atoms with van der Waals surface area (Å²) >= 11 is 0. The van der Waals surface area contributed by atoms with Gasteiger partial charge in [-0.15, -0.1) is 0 Å². The summed E-state index contributed by atoms with van der Waals surface area (Å²) in [7, 11) is 0. The summed E-state index contributed by atoms with van der Waals surface area (Å²) in [5.41, 5.74) is 1.74. The topological polar surface area (TPSA) is 3.24 Å². The zero-order valence-electron chi connectivity index (χ0n) is 10.9. The Labute approximate surface area is 100.0 Å². The standard InChI is InChI=1S/C14H22BN/c1-12-10-15(13-8-6-5-7-9-13)16(11-12)14(2,3)4/h5-9,12H,10-11H2,1-4H3. The molecule has 1 aliphatic heterocycles. The van der Waals surface area contributed by atoms with Crippen LogP contribution in [0.25, 0.3) is 0 Å². The molecule has 86 valence electrons. The third-order valence-corrected chi connectivity index (χ3v) is 3.56. The maximum Gasteiger partial charge on any atom is 0.258 e. The van der Waals surface area contributed by atoms with Crippen molar-refractivity contribution >= 4 is 12.3 Å². The van der Waals surface area contributed by atoms with Crippen LogP contribution in [0.15, 0.2) is 30.3 Å². The highest BCUT2D eigenvalue weighted by atomic mass is 15.1. The van der Waals surface area contributed by atoms with E-state index in [1.54, 1.807) is 0 Å². The zero-order valence-corrected chi connectivity index (χ0v) is 10.9. The summed E-state index contributed by atoms with van der Waals surface area (Å²) in [6.07, 6.45) is 1.29. The van der Waals surface area contributed by atoms with Crippen molar-refractivity contribution in [2.45, 2.75) is 39.6 Å². The van der Waals surface area contributed by atoms with Crippen LogP contribution in [0.4, 0.5) is 0 Å². The van der Waals surface area contributed by atoms with Gasteiger partial charge in [-0.1, -0.05) is 49.0 Å². The van der Waals surface area contributed by atoms with E-state index in [0.29, 0.717) is 6.85 Å². The molecule has 2 heteroatoms. The van der Waals surface area contributed by atoms with Crippen LogP contribution in [0.5, 0.6) is 0 Å². The van der Waals surface area contributed by atoms with Gasteiger partial charge in [0, 0.05) is 5.54 Å². The second kappa shape index (κ2) is 4.25. The van der Waals surface area contributed by atoms with Gasteiger partial charge in [-0.25, -0.2) is 0 Å². The van der Waals surface area contributed by atoms with E-state index in [0.717, 1.165) is 5.92 Å². The van der Waals surface area contributed by atoms with Gasteiger partial charge in [0.05, 0.1) is 0 Å². The number of rotatable bonds is 1. The predicted octanol–water partition coefficient (Wildman–Crippen LogP) is 2.64. The molecule has 0 saturated carbocycles. The van der Waals surface area contributed by atoms with Gasteiger partial charge in [-0.3, -0.25) is 0 Å². The monoisotopic (exact) mass is 215 g/mol. The van der Waals surface area contributed by atoms with Crippen LogP contribution < -0.4 is 5.46 Å². The first-order valence-electron chi connectivity index (χ1n) is 6.30. The molecule has 1 saturated heterocycles. The second-order valence-electron chi connectivity index (χ2n) is 6.09. The molecule has 0 N–H and O–H groups in total. The molecule has 0 aromatic heterocycles. The Hall–Kier alpha value is -0.755. The van der Waals surface area contributed by atoms with Crippen molar-refractivity contribution in [1.29, 1.82) is 0 Å². The van der Waals surface area contributed by atoms with Crippen LogP contribution in [0.1, 0.15) is 27.7 Å². The Morgan fingerprint density at radius 3 is 2.38 bits per heavy atom. The lowest BCUT2D eigenvalue weighted by Gasteiger charge is -2.36. The molecule has 1 atom stereocenters. The molecule has 0 bridgehead atoms. The van der Waals surface area contributed by atoms with Gasteiger partial charge in [-0.2, -0.15) is 0 Å². The second-order valence-corrected chi connectivity index (χ2v) is 6.09. The molecule has 1 aromatic rings. The van der Waals surface area contributed by atoms with Gasteiger partial charge in [0.2, 0.25) is 0 Å². The minimum Gasteiger partial charge on any atom is -0.333 e. The summed E-state index contributed by atoms with van der Waals surface area (Å²) in [6.45, 7) is 11.2. The van der Waals surface area contributed by atoms with E-state index in [2.05, 4.69) is 62.8 Å². The van der Waals surface area contributed by atoms with Crippen LogP contribution in [-0.2, 0) is 0 Å². The normalized spacial score (nSPS) is 22.8. The molecule has 0 radical (unpaired) electrons. The van der Waals surface area contributed by atoms with Crippen molar-refractivity contribution in [3.8, 4) is 0 Å². The molecule has 2 rings (SSSR count). The molecular formula is C14H22BN. The summed E-state index contributed by atoms with van der Waals surface area (Å²) in [4.78, 5) is 2.65. The van der Waals surface area contributed by atoms with Crippen LogP contribution in [-0.4, -0.2) is 23.7 Å². The van der Waals surface area contributed by atoms with Crippen LogP contribution in [0.2, 0.25) is 6.32 Å². The van der Waals surface area contributed by atoms with Gasteiger partial charge in [0.15, 0.2) is 0 Å². The summed E-state index contributed by atoms with van der Waals surface area (Å²) in [5, 5.41) is 0. The average molecular weight is 215 g/mol. The first-order valence-corrected chi connectivity index (χ1v) is 6.30. The summed E-state index contributed by atoms with van der Waals surface area (Å²) < 4.78 is 0. The van der Waals surface area contributed by atoms with E-state index in [-0.39, 0.29) is 5.54 Å². The fourth-order valence-corrected chi connectivity index (χ4v) is 2.78. The molecule has 0 aliphatic carbocycles. The van der Waals surface area contributed by atoms with Gasteiger partial charge < -0.3 is 4.81 Å². The lowest BCUT2D eigenvalue weighted by atomic mass is 9.52. The molecule has 1 aliphatic rings. The van der Waals surface area contributed by atoms with Gasteiger partial charge in [0.1, 0.15) is 0 Å². The number of nitrogens with zero attached hydrogens (tertiary/aromatic N) is 1. The molecule has 1 fully saturated rings. The van der Waals surface area contributed by atoms with Gasteiger partial charge in [-0.05, 0) is 33.2 Å². The molecule has 1 nitrogen and oxygen atoms in total. The third-order valence-electron chi connectivity index (χ3n) is 3.56. The molecule has 1 aromatic carbocycles. The molecule has 1 unspecified atom stereocenters. The van der Waals surface area contributed by atoms with E-state index >= 15 is 0 Å². The van der Waals surface area contributed by atoms with E-state index in [1.165, 1.54) is 18.3 Å². The summed E-state index contributed by atoms with van der Waals surface area (Å²) in [5.74, 6) is 0.810. The lowest BCUT2D eigenvalue weighted by Crippen LogP contribution is -2.52. The summed E-state index contributed by atoms with van der Waals surface area (Å²) in [6, 6.07) is 10.9. The van der Waals surface area contributed by atoms with Crippen molar-refractivity contribution < 1.29 is 0 Å². The first kappa shape index (κ1) is 11.7. The zero-order chi connectivity index (χ0) is 11.8. The maximum atomic E-state index is 2.65. The molecule has 0 amide bonds. The number of benzene rings is 1. The molecular weight excluding hydrogens is 193 g/mol. The van der Waals surface area contributed by atoms with Crippen molar-refractivity contribution in [2.24, 2.45) is 5.92 Å². The van der Waals surface area contributed by atoms with Crippen LogP contribution in [0.3, 0.4) is 0 Å². The predicted molar refractivity (Wildman–Crippen MR) is 72.3 cm³/mol. The molecule has 16 heavy (non-hydrogen) atoms. The Bertz CT molecular complexity index is 342. The third kappa shape index (κ3) is 2.32. The highest BCUT2D eigenvalue weighted by Gasteiger charge is 2.39. The lowest BCUT2D eigenvalue weighted by molar-refractivity contribution is 0.252. The maximum absolute atomic E-state index is 2.65. The largest absolute Gasteiger partial charge is 0.333 e. The number of hydrogen-bond acceptors (Lipinski definition) is 1. The van der Waals surface area contributed by atoms with E-state index in [1.807, 2.05) is 0 Å². The highest BCUT2D eigenvalue weighted by Crippen LogP contribution is 2.28. The van der Waals surface area contributed by atoms with Gasteiger partial charge in [0.25, 0.3) is 6.85 Å². The van der Waals surface area contributed by atoms with Crippen LogP contribution in [0, 0.1) is 5.92 Å². The van der Waals surface area contributed by atoms with Crippen molar-refractivity contribution in [3.05, 3.63) is 30.3 Å². The SMILES string of the molecule is CC1CB(c2ccccc2)N(C(C)(C)C)C1. The Morgan fingerprint density at radius 1 is 1.19 bits per heavy atom. The Morgan fingerprint density at radius 2 is 1.81 bits per heavy atom. The smallest absolute Gasteiger partial charge is 0.258 e. The van der Waals surface area contributed by atoms with Gasteiger partial charge >= 0.3 is 0 Å². The van der Waals surface area contributed by atoms with E-state index < -0.39 is 0 Å². The fourth-order valence-electron chi connectivity index (χ4n) is 2.78. The minimum absolute atomic E-state index is 0.269. The first-order chi connectivity index (χ1) is 7.48. The van der Waals surface area contributed by atoms with Crippen molar-refractivity contribution in [2.75, 3.05) is 6.54 Å². The molecule has 1 heterocycles. The minimum atomic E-state index is 0.269. The highest BCUT2D eigenvalue weighted by molar-refractivity contribution is 6.71. The Balaban J connectivity index is 2.26. The average Bonchev–Trinajstić information content (AvgIpc) is 2.61.